The minimum absolute atomic E-state index is 0.147. The van der Waals surface area contributed by atoms with Gasteiger partial charge in [0.25, 0.3) is 0 Å². The Kier molecular flexibility index (Phi) is 6.84. The van der Waals surface area contributed by atoms with Crippen LogP contribution in [0, 0.1) is 0 Å². The zero-order valence-corrected chi connectivity index (χ0v) is 20.4. The van der Waals surface area contributed by atoms with Gasteiger partial charge < -0.3 is 14.9 Å². The zero-order chi connectivity index (χ0) is 26.8. The Bertz CT molecular complexity index is 1690. The molecule has 0 unspecified atom stereocenters. The molecule has 9 nitrogen and oxygen atoms in total. The van der Waals surface area contributed by atoms with Gasteiger partial charge in [0.1, 0.15) is 16.4 Å². The van der Waals surface area contributed by atoms with Gasteiger partial charge in [-0.1, -0.05) is 24.3 Å². The largest absolute Gasteiger partial charge is 0.478 e. The van der Waals surface area contributed by atoms with Crippen molar-refractivity contribution in [3.8, 4) is 11.5 Å². The molecule has 0 amide bonds. The molecule has 0 spiro atoms. The molecule has 0 saturated carbocycles. The molecule has 37 heavy (non-hydrogen) atoms. The van der Waals surface area contributed by atoms with Crippen molar-refractivity contribution in [2.75, 3.05) is 0 Å². The number of carboxylic acid groups (broad SMARTS) is 2. The molecule has 4 rings (SSSR count). The highest BCUT2D eigenvalue weighted by Gasteiger charge is 2.33. The smallest absolute Gasteiger partial charge is 0.335 e. The number of carbonyl (C=O) groups is 2. The van der Waals surface area contributed by atoms with Crippen molar-refractivity contribution in [2.45, 2.75) is 19.6 Å². The van der Waals surface area contributed by atoms with Crippen LogP contribution in [-0.2, 0) is 19.7 Å². The Morgan fingerprint density at radius 1 is 0.568 bits per heavy atom. The van der Waals surface area contributed by atoms with Gasteiger partial charge in [-0.15, -0.1) is 0 Å². The van der Waals surface area contributed by atoms with Gasteiger partial charge >= 0.3 is 11.9 Å². The van der Waals surface area contributed by atoms with E-state index in [0.717, 1.165) is 54.6 Å². The normalized spacial score (nSPS) is 11.6. The number of aromatic carboxylic acids is 2. The molecule has 0 heterocycles. The predicted octanol–water partition coefficient (Wildman–Crippen LogP) is 4.54. The first kappa shape index (κ1) is 25.6. The first-order valence-corrected chi connectivity index (χ1v) is 13.5. The van der Waals surface area contributed by atoms with E-state index in [0.29, 0.717) is 0 Å². The average Bonchev–Trinajstić information content (AvgIpc) is 2.89. The molecule has 11 heteroatoms. The molecule has 0 aliphatic heterocycles. The Morgan fingerprint density at radius 3 is 1.54 bits per heavy atom. The lowest BCUT2D eigenvalue weighted by molar-refractivity contribution is 0.0686. The van der Waals surface area contributed by atoms with E-state index in [2.05, 4.69) is 0 Å². The van der Waals surface area contributed by atoms with E-state index in [1.807, 2.05) is 0 Å². The number of rotatable bonds is 8. The molecule has 2 N–H and O–H groups in total. The van der Waals surface area contributed by atoms with Crippen LogP contribution >= 0.6 is 0 Å². The number of sulfone groups is 2. The maximum Gasteiger partial charge on any atom is 0.335 e. The third-order valence-electron chi connectivity index (χ3n) is 5.30. The minimum atomic E-state index is -4.57. The number of para-hydroxylation sites is 1. The molecule has 0 aromatic heterocycles. The first-order chi connectivity index (χ1) is 17.5. The summed E-state index contributed by atoms with van der Waals surface area (Å²) in [6.45, 7) is 0. The van der Waals surface area contributed by atoms with E-state index in [9.17, 15) is 26.4 Å². The monoisotopic (exact) mass is 538 g/mol. The Hall–Kier alpha value is -4.48. The van der Waals surface area contributed by atoms with Crippen LogP contribution in [0.15, 0.2) is 117 Å². The van der Waals surface area contributed by atoms with Crippen molar-refractivity contribution in [1.82, 2.24) is 0 Å². The van der Waals surface area contributed by atoms with Crippen molar-refractivity contribution < 1.29 is 41.4 Å². The highest BCUT2D eigenvalue weighted by atomic mass is 32.2. The van der Waals surface area contributed by atoms with Crippen LogP contribution in [-0.4, -0.2) is 39.0 Å². The zero-order valence-electron chi connectivity index (χ0n) is 18.8. The van der Waals surface area contributed by atoms with E-state index in [1.165, 1.54) is 12.1 Å². The maximum absolute atomic E-state index is 13.8. The van der Waals surface area contributed by atoms with Crippen LogP contribution in [0.1, 0.15) is 20.7 Å². The average molecular weight is 539 g/mol. The van der Waals surface area contributed by atoms with Crippen LogP contribution < -0.4 is 4.74 Å². The Labute approximate surface area is 212 Å². The fraction of sp³-hybridized carbons (Fsp3) is 0. The number of benzene rings is 4. The van der Waals surface area contributed by atoms with Gasteiger partial charge in [-0.3, -0.25) is 0 Å². The lowest BCUT2D eigenvalue weighted by Crippen LogP contribution is -2.13. The van der Waals surface area contributed by atoms with Gasteiger partial charge in [-0.2, -0.15) is 0 Å². The first-order valence-electron chi connectivity index (χ1n) is 10.5. The fourth-order valence-electron chi connectivity index (χ4n) is 3.47. The van der Waals surface area contributed by atoms with Crippen LogP contribution in [0.25, 0.3) is 0 Å². The number of hydrogen-bond donors (Lipinski definition) is 2. The van der Waals surface area contributed by atoms with Crippen molar-refractivity contribution >= 4 is 31.6 Å². The molecular formula is C26H18O9S2. The third kappa shape index (κ3) is 5.08. The predicted molar refractivity (Wildman–Crippen MR) is 131 cm³/mol. The second-order valence-corrected chi connectivity index (χ2v) is 11.5. The van der Waals surface area contributed by atoms with Crippen LogP contribution in [0.3, 0.4) is 0 Å². The van der Waals surface area contributed by atoms with Gasteiger partial charge in [0, 0.05) is 0 Å². The molecule has 0 atom stereocenters. The van der Waals surface area contributed by atoms with Gasteiger partial charge in [0.2, 0.25) is 19.7 Å². The molecule has 0 aliphatic rings. The standard InChI is InChI=1S/C26H18O9S2/c27-25(28)17-9-13-20(14-10-17)36(31,32)23-8-4-7-22(35-19-5-2-1-3-6-19)24(23)37(33,34)21-15-11-18(12-16-21)26(29)30/h1-16H,(H,27,28)(H,29,30). The summed E-state index contributed by atoms with van der Waals surface area (Å²) in [5, 5.41) is 18.3. The molecule has 0 aliphatic carbocycles. The molecule has 0 radical (unpaired) electrons. The number of hydrogen-bond acceptors (Lipinski definition) is 7. The van der Waals surface area contributed by atoms with Crippen molar-refractivity contribution in [2.24, 2.45) is 0 Å². The second kappa shape index (κ2) is 9.88. The lowest BCUT2D eigenvalue weighted by atomic mass is 10.2. The Balaban J connectivity index is 1.95. The second-order valence-electron chi connectivity index (χ2n) is 7.66. The number of carboxylic acids is 2. The van der Waals surface area contributed by atoms with Crippen molar-refractivity contribution in [3.05, 3.63) is 108 Å². The summed E-state index contributed by atoms with van der Waals surface area (Å²) in [7, 11) is -9.05. The minimum Gasteiger partial charge on any atom is -0.478 e. The van der Waals surface area contributed by atoms with Crippen LogP contribution in [0.4, 0.5) is 0 Å². The maximum atomic E-state index is 13.8. The summed E-state index contributed by atoms with van der Waals surface area (Å²) in [4.78, 5) is 20.5. The van der Waals surface area contributed by atoms with E-state index in [1.54, 1.807) is 30.3 Å². The number of ether oxygens (including phenoxy) is 1. The van der Waals surface area contributed by atoms with Gasteiger partial charge in [-0.05, 0) is 72.8 Å². The summed E-state index contributed by atoms with van der Waals surface area (Å²) < 4.78 is 60.6. The van der Waals surface area contributed by atoms with Gasteiger partial charge in [0.05, 0.1) is 25.8 Å². The molecule has 0 bridgehead atoms. The van der Waals surface area contributed by atoms with E-state index in [4.69, 9.17) is 14.9 Å². The summed E-state index contributed by atoms with van der Waals surface area (Å²) in [6, 6.07) is 20.5. The highest BCUT2D eigenvalue weighted by molar-refractivity contribution is 7.94. The molecule has 188 valence electrons. The van der Waals surface area contributed by atoms with E-state index < -0.39 is 41.4 Å². The van der Waals surface area contributed by atoms with Crippen LogP contribution in [0.5, 0.6) is 11.5 Å². The van der Waals surface area contributed by atoms with Gasteiger partial charge in [-0.25, -0.2) is 26.4 Å². The van der Waals surface area contributed by atoms with Gasteiger partial charge in [0.15, 0.2) is 0 Å². The molecular weight excluding hydrogens is 520 g/mol. The summed E-state index contributed by atoms with van der Waals surface area (Å²) >= 11 is 0. The Morgan fingerprint density at radius 2 is 1.05 bits per heavy atom. The van der Waals surface area contributed by atoms with E-state index in [-0.39, 0.29) is 32.4 Å². The molecule has 0 saturated heterocycles. The summed E-state index contributed by atoms with van der Waals surface area (Å²) in [5.74, 6) is -2.53. The van der Waals surface area contributed by atoms with Crippen LogP contribution in [0.2, 0.25) is 0 Å². The fourth-order valence-corrected chi connectivity index (χ4v) is 6.91. The quantitative estimate of drug-likeness (QED) is 0.329. The lowest BCUT2D eigenvalue weighted by Gasteiger charge is -2.16. The summed E-state index contributed by atoms with van der Waals surface area (Å²) in [5.41, 5.74) is -0.300. The van der Waals surface area contributed by atoms with E-state index >= 15 is 0 Å². The van der Waals surface area contributed by atoms with Crippen molar-refractivity contribution in [3.63, 3.8) is 0 Å². The third-order valence-corrected chi connectivity index (χ3v) is 9.09. The highest BCUT2D eigenvalue weighted by Crippen LogP contribution is 2.39. The molecule has 0 fully saturated rings. The van der Waals surface area contributed by atoms with Crippen molar-refractivity contribution in [1.29, 1.82) is 0 Å². The molecule has 4 aromatic rings. The SMILES string of the molecule is O=C(O)c1ccc(S(=O)(=O)c2cccc(Oc3ccccc3)c2S(=O)(=O)c2ccc(C(=O)O)cc2)cc1. The summed E-state index contributed by atoms with van der Waals surface area (Å²) in [6.07, 6.45) is 0. The molecule has 4 aromatic carbocycles. The topological polar surface area (TPSA) is 152 Å².